The molecule has 1 saturated carbocycles. The summed E-state index contributed by atoms with van der Waals surface area (Å²) in [5, 5.41) is 6.35. The molecule has 4 rings (SSSR count). The number of nitrogens with zero attached hydrogens (tertiary/aromatic N) is 3. The Balaban J connectivity index is 0.000000290. The lowest BCUT2D eigenvalue weighted by Crippen LogP contribution is -2.29. The molecule has 3 N–H and O–H groups in total. The van der Waals surface area contributed by atoms with Crippen LogP contribution in [0.2, 0.25) is 0 Å². The van der Waals surface area contributed by atoms with Gasteiger partial charge in [0.15, 0.2) is 0 Å². The Morgan fingerprint density at radius 2 is 1.79 bits per heavy atom. The number of carbonyl (C=O) groups is 1. The number of H-pyrrole nitrogens is 1. The monoisotopic (exact) mass is 661 g/mol. The molecule has 0 bridgehead atoms. The Morgan fingerprint density at radius 1 is 1.10 bits per heavy atom. The van der Waals surface area contributed by atoms with Crippen LogP contribution in [-0.2, 0) is 6.54 Å². The lowest BCUT2D eigenvalue weighted by atomic mass is 9.95. The molecule has 1 aliphatic carbocycles. The van der Waals surface area contributed by atoms with Gasteiger partial charge in [0.1, 0.15) is 6.29 Å². The third-order valence-corrected chi connectivity index (χ3v) is 9.20. The molecule has 1 aliphatic heterocycles. The molecule has 0 unspecified atom stereocenters. The van der Waals surface area contributed by atoms with Crippen LogP contribution < -0.4 is 16.2 Å². The molecule has 0 atom stereocenters. The number of allylic oxidation sites excluding steroid dienone is 2. The summed E-state index contributed by atoms with van der Waals surface area (Å²) in [5.74, 6) is 0.388. The fourth-order valence-corrected chi connectivity index (χ4v) is 6.40. The molecule has 2 aliphatic rings. The number of hydrogen-bond donors (Lipinski definition) is 3. The van der Waals surface area contributed by atoms with E-state index in [2.05, 4.69) is 89.4 Å². The zero-order valence-electron chi connectivity index (χ0n) is 31.3. The van der Waals surface area contributed by atoms with Gasteiger partial charge < -0.3 is 25.4 Å². The lowest BCUT2D eigenvalue weighted by molar-refractivity contribution is 0.112. The van der Waals surface area contributed by atoms with Crippen molar-refractivity contribution in [2.24, 2.45) is 4.99 Å². The van der Waals surface area contributed by atoms with Gasteiger partial charge in [-0.1, -0.05) is 45.3 Å². The normalized spacial score (nSPS) is 15.7. The molecule has 8 nitrogen and oxygen atoms in total. The van der Waals surface area contributed by atoms with Gasteiger partial charge in [0.25, 0.3) is 5.56 Å². The summed E-state index contributed by atoms with van der Waals surface area (Å²) in [7, 11) is 6.23. The van der Waals surface area contributed by atoms with Gasteiger partial charge in [-0.05, 0) is 140 Å². The van der Waals surface area contributed by atoms with E-state index >= 15 is 0 Å². The van der Waals surface area contributed by atoms with E-state index in [4.69, 9.17) is 0 Å². The molecule has 8 heteroatoms. The van der Waals surface area contributed by atoms with Crippen LogP contribution in [0.3, 0.4) is 0 Å². The summed E-state index contributed by atoms with van der Waals surface area (Å²) in [4.78, 5) is 34.7. The van der Waals surface area contributed by atoms with E-state index in [1.165, 1.54) is 58.0 Å². The van der Waals surface area contributed by atoms with E-state index in [1.807, 2.05) is 33.9 Å². The van der Waals surface area contributed by atoms with Gasteiger partial charge in [0.2, 0.25) is 0 Å². The van der Waals surface area contributed by atoms with Gasteiger partial charge in [0.05, 0.1) is 0 Å². The Labute approximate surface area is 291 Å². The van der Waals surface area contributed by atoms with E-state index in [0.717, 1.165) is 71.0 Å². The number of hydrogen-bond acceptors (Lipinski definition) is 7. The van der Waals surface area contributed by atoms with Crippen LogP contribution in [0.25, 0.3) is 5.57 Å². The van der Waals surface area contributed by atoms with Crippen molar-refractivity contribution in [2.75, 3.05) is 52.6 Å². The fourth-order valence-electron chi connectivity index (χ4n) is 6.40. The van der Waals surface area contributed by atoms with Crippen LogP contribution in [0.5, 0.6) is 0 Å². The highest BCUT2D eigenvalue weighted by atomic mass is 16.1. The van der Waals surface area contributed by atoms with Gasteiger partial charge in [0, 0.05) is 54.4 Å². The molecule has 1 aromatic carbocycles. The van der Waals surface area contributed by atoms with Crippen molar-refractivity contribution in [2.45, 2.75) is 104 Å². The second kappa shape index (κ2) is 22.3. The molecular weight excluding hydrogens is 596 g/mol. The van der Waals surface area contributed by atoms with Crippen molar-refractivity contribution in [3.8, 4) is 0 Å². The van der Waals surface area contributed by atoms with E-state index in [0.29, 0.717) is 18.0 Å². The fraction of sp³-hybridized carbons (Fsp3) is 0.575. The second-order valence-corrected chi connectivity index (χ2v) is 13.5. The molecule has 1 aromatic heterocycles. The predicted octanol–water partition coefficient (Wildman–Crippen LogP) is 7.73. The smallest absolute Gasteiger partial charge is 0.252 e. The standard InChI is InChI=1S/C21H29N3O.C11H18N2O.C8H17N/c1-4-23-21-14-19(13-20(16-25)17(21)2)18(15-22-3)9-5-6-10-24-11-7-8-12-24;1-7(2)9-5-8(3)13-11(14)10(9)6-12-4;1-9(2)8-6-4-3-5-7-8/h5,9,13-16,23H,3-4,6-8,10-12H2,1-2H3;5,7,12H,6H2,1-4H3,(H,13,14);8H,3-7H2,1-2H3/b9-5-,18-15+;;. The highest BCUT2D eigenvalue weighted by molar-refractivity contribution is 5.86. The molecular formula is C40H64N6O2. The Kier molecular flexibility index (Phi) is 19.0. The van der Waals surface area contributed by atoms with Crippen LogP contribution in [0, 0.1) is 13.8 Å². The van der Waals surface area contributed by atoms with Crippen LogP contribution in [-0.4, -0.2) is 81.2 Å². The number of aromatic nitrogens is 1. The molecule has 0 amide bonds. The molecule has 48 heavy (non-hydrogen) atoms. The molecule has 0 spiro atoms. The van der Waals surface area contributed by atoms with Crippen LogP contribution in [0.4, 0.5) is 5.69 Å². The number of pyridine rings is 1. The minimum Gasteiger partial charge on any atom is -0.385 e. The first-order valence-electron chi connectivity index (χ1n) is 18.0. The first kappa shape index (κ1) is 40.8. The maximum atomic E-state index is 11.7. The second-order valence-electron chi connectivity index (χ2n) is 13.5. The number of nitrogens with one attached hydrogen (secondary N) is 3. The van der Waals surface area contributed by atoms with Crippen molar-refractivity contribution in [3.05, 3.63) is 80.4 Å². The maximum absolute atomic E-state index is 11.7. The summed E-state index contributed by atoms with van der Waals surface area (Å²) in [5.41, 5.74) is 7.57. The molecule has 266 valence electrons. The minimum atomic E-state index is 0.0306. The summed E-state index contributed by atoms with van der Waals surface area (Å²) in [6.45, 7) is 18.7. The largest absolute Gasteiger partial charge is 0.385 e. The van der Waals surface area contributed by atoms with E-state index in [9.17, 15) is 9.59 Å². The Hall–Kier alpha value is -3.33. The lowest BCUT2D eigenvalue weighted by Gasteiger charge is -2.27. The highest BCUT2D eigenvalue weighted by Crippen LogP contribution is 2.27. The SMILES string of the molecule is C=N/C=C(\C=C/CCN1CCCC1)c1cc(C=O)c(C)c(NCC)c1.CN(C)C1CCCCC1.CNCc1c(C(C)C)cc(C)[nH]c1=O. The number of aromatic amines is 1. The summed E-state index contributed by atoms with van der Waals surface area (Å²) >= 11 is 0. The van der Waals surface area contributed by atoms with Crippen molar-refractivity contribution in [1.82, 2.24) is 20.1 Å². The maximum Gasteiger partial charge on any atom is 0.252 e. The van der Waals surface area contributed by atoms with E-state index < -0.39 is 0 Å². The zero-order valence-corrected chi connectivity index (χ0v) is 31.3. The van der Waals surface area contributed by atoms with Gasteiger partial charge >= 0.3 is 0 Å². The number of likely N-dealkylation sites (tertiary alicyclic amines) is 1. The van der Waals surface area contributed by atoms with Gasteiger partial charge in [-0.25, -0.2) is 0 Å². The Bertz CT molecular complexity index is 1380. The number of rotatable bonds is 13. The molecule has 1 saturated heterocycles. The number of aryl methyl sites for hydroxylation is 1. The molecule has 2 aromatic rings. The third kappa shape index (κ3) is 13.7. The van der Waals surface area contributed by atoms with Gasteiger partial charge in [-0.3, -0.25) is 14.6 Å². The quantitative estimate of drug-likeness (QED) is 0.116. The van der Waals surface area contributed by atoms with Gasteiger partial charge in [-0.2, -0.15) is 0 Å². The first-order valence-corrected chi connectivity index (χ1v) is 18.0. The predicted molar refractivity (Wildman–Crippen MR) is 207 cm³/mol. The zero-order chi connectivity index (χ0) is 35.5. The number of carbonyl (C=O) groups excluding carboxylic acids is 1. The average Bonchev–Trinajstić information content (AvgIpc) is 3.59. The number of aldehydes is 1. The van der Waals surface area contributed by atoms with Crippen LogP contribution in [0.15, 0.2) is 46.3 Å². The summed E-state index contributed by atoms with van der Waals surface area (Å²) < 4.78 is 0. The number of aliphatic imine (C=N–C) groups is 1. The first-order chi connectivity index (χ1) is 23.1. The van der Waals surface area contributed by atoms with Crippen LogP contribution in [0.1, 0.15) is 116 Å². The topological polar surface area (TPSA) is 92.8 Å². The van der Waals surface area contributed by atoms with Crippen LogP contribution >= 0.6 is 0 Å². The van der Waals surface area contributed by atoms with Crippen molar-refractivity contribution in [3.63, 3.8) is 0 Å². The summed E-state index contributed by atoms with van der Waals surface area (Å²) in [6.07, 6.45) is 17.8. The van der Waals surface area contributed by atoms with Gasteiger partial charge in [-0.15, -0.1) is 0 Å². The molecule has 2 fully saturated rings. The third-order valence-electron chi connectivity index (χ3n) is 9.20. The summed E-state index contributed by atoms with van der Waals surface area (Å²) in [6, 6.07) is 6.94. The van der Waals surface area contributed by atoms with E-state index in [1.54, 1.807) is 6.20 Å². The number of anilines is 1. The van der Waals surface area contributed by atoms with Crippen molar-refractivity contribution >= 4 is 24.3 Å². The number of benzene rings is 1. The minimum absolute atomic E-state index is 0.0306. The average molecular weight is 661 g/mol. The van der Waals surface area contributed by atoms with E-state index in [-0.39, 0.29) is 5.56 Å². The van der Waals surface area contributed by atoms with Crippen molar-refractivity contribution in [1.29, 1.82) is 0 Å². The van der Waals surface area contributed by atoms with Crippen molar-refractivity contribution < 1.29 is 4.79 Å². The highest BCUT2D eigenvalue weighted by Gasteiger charge is 2.14. The molecule has 0 radical (unpaired) electrons. The molecule has 2 heterocycles. The Morgan fingerprint density at radius 3 is 2.33 bits per heavy atom.